The third kappa shape index (κ3) is 4.24. The van der Waals surface area contributed by atoms with Crippen LogP contribution in [-0.2, 0) is 0 Å². The number of benzene rings is 2. The second-order valence-corrected chi connectivity index (χ2v) is 4.73. The summed E-state index contributed by atoms with van der Waals surface area (Å²) in [7, 11) is 0. The van der Waals surface area contributed by atoms with Gasteiger partial charge in [-0.25, -0.2) is 0 Å². The van der Waals surface area contributed by atoms with Crippen LogP contribution in [0.1, 0.15) is 16.7 Å². The molecule has 4 heteroatoms. The molecular formula is C17H19NO3. The molecule has 0 aromatic heterocycles. The van der Waals surface area contributed by atoms with Gasteiger partial charge in [-0.3, -0.25) is 0 Å². The van der Waals surface area contributed by atoms with Gasteiger partial charge < -0.3 is 14.7 Å². The van der Waals surface area contributed by atoms with Gasteiger partial charge in [0, 0.05) is 0 Å². The Kier molecular flexibility index (Phi) is 5.21. The van der Waals surface area contributed by atoms with Crippen molar-refractivity contribution in [3.63, 3.8) is 0 Å². The molecule has 1 N–H and O–H groups in total. The molecule has 0 saturated carbocycles. The maximum atomic E-state index is 8.44. The second kappa shape index (κ2) is 7.33. The number of oxime groups is 1. The summed E-state index contributed by atoms with van der Waals surface area (Å²) in [5.41, 5.74) is 3.07. The summed E-state index contributed by atoms with van der Waals surface area (Å²) >= 11 is 0. The minimum absolute atomic E-state index is 0.473. The summed E-state index contributed by atoms with van der Waals surface area (Å²) in [5, 5.41) is 11.4. The molecule has 0 amide bonds. The van der Waals surface area contributed by atoms with E-state index >= 15 is 0 Å². The molecule has 0 radical (unpaired) electrons. The Labute approximate surface area is 124 Å². The summed E-state index contributed by atoms with van der Waals surface area (Å²) in [4.78, 5) is 0. The highest BCUT2D eigenvalue weighted by Gasteiger charge is 2.03. The smallest absolute Gasteiger partial charge is 0.125 e. The summed E-state index contributed by atoms with van der Waals surface area (Å²) in [6.07, 6.45) is 1.37. The maximum absolute atomic E-state index is 8.44. The molecule has 0 saturated heterocycles. The van der Waals surface area contributed by atoms with Crippen LogP contribution in [0.4, 0.5) is 0 Å². The molecule has 0 unspecified atom stereocenters. The van der Waals surface area contributed by atoms with E-state index in [-0.39, 0.29) is 0 Å². The third-order valence-electron chi connectivity index (χ3n) is 3.09. The molecule has 0 spiro atoms. The van der Waals surface area contributed by atoms with E-state index < -0.39 is 0 Å². The number of para-hydroxylation sites is 1. The first-order valence-corrected chi connectivity index (χ1v) is 6.80. The van der Waals surface area contributed by atoms with Gasteiger partial charge in [-0.05, 0) is 54.8 Å². The highest BCUT2D eigenvalue weighted by Crippen LogP contribution is 2.22. The molecule has 0 atom stereocenters. The molecule has 0 aliphatic carbocycles. The SMILES string of the molecule is Cc1cccc(C)c1OCCOc1ccc(C=NO)cc1. The monoisotopic (exact) mass is 285 g/mol. The van der Waals surface area contributed by atoms with Crippen molar-refractivity contribution in [2.75, 3.05) is 13.2 Å². The minimum atomic E-state index is 0.473. The molecule has 0 fully saturated rings. The predicted octanol–water partition coefficient (Wildman–Crippen LogP) is 3.57. The molecule has 0 bridgehead atoms. The highest BCUT2D eigenvalue weighted by atomic mass is 16.5. The van der Waals surface area contributed by atoms with Crippen LogP contribution in [-0.4, -0.2) is 24.6 Å². The standard InChI is InChI=1S/C17H19NO3/c1-13-4-3-5-14(2)17(13)21-11-10-20-16-8-6-15(7-9-16)12-18-19/h3-9,12,19H,10-11H2,1-2H3. The lowest BCUT2D eigenvalue weighted by atomic mass is 10.1. The zero-order valence-corrected chi connectivity index (χ0v) is 12.2. The number of ether oxygens (including phenoxy) is 2. The Morgan fingerprint density at radius 3 is 2.19 bits per heavy atom. The van der Waals surface area contributed by atoms with Crippen LogP contribution in [0.5, 0.6) is 11.5 Å². The van der Waals surface area contributed by atoms with Crippen LogP contribution >= 0.6 is 0 Å². The van der Waals surface area contributed by atoms with E-state index in [0.717, 1.165) is 28.2 Å². The summed E-state index contributed by atoms with van der Waals surface area (Å²) in [5.74, 6) is 1.69. The number of nitrogens with zero attached hydrogens (tertiary/aromatic N) is 1. The number of aryl methyl sites for hydroxylation is 2. The fraction of sp³-hybridized carbons (Fsp3) is 0.235. The largest absolute Gasteiger partial charge is 0.490 e. The van der Waals surface area contributed by atoms with Gasteiger partial charge in [0.2, 0.25) is 0 Å². The van der Waals surface area contributed by atoms with Crippen LogP contribution in [0.2, 0.25) is 0 Å². The molecule has 0 aliphatic heterocycles. The molecule has 2 aromatic carbocycles. The molecule has 0 heterocycles. The van der Waals surface area contributed by atoms with E-state index in [9.17, 15) is 0 Å². The Morgan fingerprint density at radius 2 is 1.57 bits per heavy atom. The van der Waals surface area contributed by atoms with Crippen LogP contribution in [0.3, 0.4) is 0 Å². The number of rotatable bonds is 6. The van der Waals surface area contributed by atoms with E-state index in [1.807, 2.05) is 56.3 Å². The quantitative estimate of drug-likeness (QED) is 0.382. The zero-order valence-electron chi connectivity index (χ0n) is 12.2. The lowest BCUT2D eigenvalue weighted by Crippen LogP contribution is -2.10. The third-order valence-corrected chi connectivity index (χ3v) is 3.09. The maximum Gasteiger partial charge on any atom is 0.125 e. The van der Waals surface area contributed by atoms with Crippen molar-refractivity contribution in [3.8, 4) is 11.5 Å². The van der Waals surface area contributed by atoms with E-state index in [4.69, 9.17) is 14.7 Å². The fourth-order valence-corrected chi connectivity index (χ4v) is 2.05. The van der Waals surface area contributed by atoms with Crippen LogP contribution in [0, 0.1) is 13.8 Å². The van der Waals surface area contributed by atoms with Gasteiger partial charge in [0.1, 0.15) is 24.7 Å². The molecular weight excluding hydrogens is 266 g/mol. The first-order chi connectivity index (χ1) is 10.2. The molecule has 2 rings (SSSR count). The van der Waals surface area contributed by atoms with Gasteiger partial charge in [-0.1, -0.05) is 23.4 Å². The van der Waals surface area contributed by atoms with Gasteiger partial charge in [0.25, 0.3) is 0 Å². The van der Waals surface area contributed by atoms with Crippen molar-refractivity contribution in [2.24, 2.45) is 5.16 Å². The average molecular weight is 285 g/mol. The Morgan fingerprint density at radius 1 is 0.952 bits per heavy atom. The summed E-state index contributed by atoms with van der Waals surface area (Å²) in [6.45, 7) is 5.03. The predicted molar refractivity (Wildman–Crippen MR) is 82.7 cm³/mol. The Balaban J connectivity index is 1.82. The minimum Gasteiger partial charge on any atom is -0.490 e. The van der Waals surface area contributed by atoms with Crippen molar-refractivity contribution in [1.29, 1.82) is 0 Å². The fourth-order valence-electron chi connectivity index (χ4n) is 2.05. The van der Waals surface area contributed by atoms with Crippen molar-refractivity contribution in [2.45, 2.75) is 13.8 Å². The average Bonchev–Trinajstić information content (AvgIpc) is 2.48. The van der Waals surface area contributed by atoms with Crippen LogP contribution in [0.15, 0.2) is 47.6 Å². The topological polar surface area (TPSA) is 51.0 Å². The Bertz CT molecular complexity index is 586. The summed E-state index contributed by atoms with van der Waals surface area (Å²) < 4.78 is 11.4. The molecule has 0 aliphatic rings. The van der Waals surface area contributed by atoms with E-state index in [1.54, 1.807) is 0 Å². The van der Waals surface area contributed by atoms with E-state index in [0.29, 0.717) is 13.2 Å². The second-order valence-electron chi connectivity index (χ2n) is 4.73. The van der Waals surface area contributed by atoms with Crippen LogP contribution in [0.25, 0.3) is 0 Å². The lowest BCUT2D eigenvalue weighted by molar-refractivity contribution is 0.215. The van der Waals surface area contributed by atoms with E-state index in [1.165, 1.54) is 6.21 Å². The number of hydrogen-bond acceptors (Lipinski definition) is 4. The zero-order chi connectivity index (χ0) is 15.1. The Hall–Kier alpha value is -2.49. The lowest BCUT2D eigenvalue weighted by Gasteiger charge is -2.12. The first-order valence-electron chi connectivity index (χ1n) is 6.80. The van der Waals surface area contributed by atoms with Gasteiger partial charge in [-0.15, -0.1) is 0 Å². The molecule has 2 aromatic rings. The van der Waals surface area contributed by atoms with Gasteiger partial charge in [-0.2, -0.15) is 0 Å². The highest BCUT2D eigenvalue weighted by molar-refractivity contribution is 5.79. The first kappa shape index (κ1) is 14.9. The molecule has 4 nitrogen and oxygen atoms in total. The van der Waals surface area contributed by atoms with Gasteiger partial charge >= 0.3 is 0 Å². The summed E-state index contributed by atoms with van der Waals surface area (Å²) in [6, 6.07) is 13.4. The normalized spacial score (nSPS) is 10.8. The van der Waals surface area contributed by atoms with E-state index in [2.05, 4.69) is 5.16 Å². The van der Waals surface area contributed by atoms with Crippen molar-refractivity contribution < 1.29 is 14.7 Å². The van der Waals surface area contributed by atoms with Crippen molar-refractivity contribution >= 4 is 6.21 Å². The molecule has 21 heavy (non-hydrogen) atoms. The van der Waals surface area contributed by atoms with Crippen LogP contribution < -0.4 is 9.47 Å². The molecule has 110 valence electrons. The number of hydrogen-bond donors (Lipinski definition) is 1. The van der Waals surface area contributed by atoms with Crippen molar-refractivity contribution in [3.05, 3.63) is 59.2 Å². The van der Waals surface area contributed by atoms with Gasteiger partial charge in [0.15, 0.2) is 0 Å². The van der Waals surface area contributed by atoms with Crippen molar-refractivity contribution in [1.82, 2.24) is 0 Å². The van der Waals surface area contributed by atoms with Gasteiger partial charge in [0.05, 0.1) is 6.21 Å².